The molecule has 0 aromatic carbocycles. The lowest BCUT2D eigenvalue weighted by molar-refractivity contribution is -0.134. The lowest BCUT2D eigenvalue weighted by atomic mass is 9.94. The lowest BCUT2D eigenvalue weighted by Gasteiger charge is -2.45. The Morgan fingerprint density at radius 3 is 2.25 bits per heavy atom. The van der Waals surface area contributed by atoms with Gasteiger partial charge >= 0.3 is 0 Å². The minimum absolute atomic E-state index is 0.0704. The number of hydrogen-bond donors (Lipinski definition) is 1. The Balaban J connectivity index is 1.75. The van der Waals surface area contributed by atoms with Gasteiger partial charge in [-0.1, -0.05) is 12.8 Å². The van der Waals surface area contributed by atoms with Gasteiger partial charge in [-0.2, -0.15) is 0 Å². The van der Waals surface area contributed by atoms with Gasteiger partial charge in [0.1, 0.15) is 0 Å². The number of nitrogens with two attached hydrogens (primary N) is 1. The minimum atomic E-state index is -0.0704. The van der Waals surface area contributed by atoms with Crippen molar-refractivity contribution < 1.29 is 4.79 Å². The Kier molecular flexibility index (Phi) is 3.50. The van der Waals surface area contributed by atoms with Crippen molar-refractivity contribution in [3.8, 4) is 0 Å². The summed E-state index contributed by atoms with van der Waals surface area (Å²) in [6.07, 6.45) is 4.88. The van der Waals surface area contributed by atoms with Crippen LogP contribution in [-0.4, -0.2) is 54.0 Å². The number of carbonyl (C=O) groups is 1. The second kappa shape index (κ2) is 4.72. The first kappa shape index (κ1) is 11.9. The highest BCUT2D eigenvalue weighted by Gasteiger charge is 2.36. The molecule has 0 aliphatic carbocycles. The van der Waals surface area contributed by atoms with Gasteiger partial charge < -0.3 is 10.6 Å². The highest BCUT2D eigenvalue weighted by atomic mass is 16.2. The van der Waals surface area contributed by atoms with E-state index in [2.05, 4.69) is 4.90 Å². The van der Waals surface area contributed by atoms with Gasteiger partial charge in [0, 0.05) is 31.7 Å². The summed E-state index contributed by atoms with van der Waals surface area (Å²) < 4.78 is 0. The van der Waals surface area contributed by atoms with E-state index in [0.29, 0.717) is 6.54 Å². The van der Waals surface area contributed by atoms with Crippen LogP contribution in [0.4, 0.5) is 0 Å². The van der Waals surface area contributed by atoms with Crippen LogP contribution >= 0.6 is 0 Å². The fourth-order valence-corrected chi connectivity index (χ4v) is 2.70. The van der Waals surface area contributed by atoms with Crippen molar-refractivity contribution in [3.63, 3.8) is 0 Å². The molecule has 4 heteroatoms. The quantitative estimate of drug-likeness (QED) is 0.741. The highest BCUT2D eigenvalue weighted by molar-refractivity contribution is 5.78. The van der Waals surface area contributed by atoms with E-state index >= 15 is 0 Å². The van der Waals surface area contributed by atoms with Gasteiger partial charge in [0.2, 0.25) is 5.91 Å². The van der Waals surface area contributed by atoms with E-state index in [0.717, 1.165) is 26.2 Å². The number of amides is 1. The van der Waals surface area contributed by atoms with Crippen molar-refractivity contribution in [1.82, 2.24) is 9.80 Å². The maximum atomic E-state index is 12.0. The first-order chi connectivity index (χ1) is 7.57. The molecule has 0 radical (unpaired) electrons. The van der Waals surface area contributed by atoms with E-state index < -0.39 is 0 Å². The molecule has 2 fully saturated rings. The molecule has 2 heterocycles. The molecule has 92 valence electrons. The molecule has 0 aromatic rings. The maximum absolute atomic E-state index is 12.0. The molecule has 0 bridgehead atoms. The van der Waals surface area contributed by atoms with Crippen LogP contribution in [0.15, 0.2) is 0 Å². The third kappa shape index (κ3) is 2.95. The summed E-state index contributed by atoms with van der Waals surface area (Å²) in [6, 6.07) is 0. The first-order valence-corrected chi connectivity index (χ1v) is 6.36. The topological polar surface area (TPSA) is 49.6 Å². The van der Waals surface area contributed by atoms with Gasteiger partial charge in [0.05, 0.1) is 6.54 Å². The predicted molar refractivity (Wildman–Crippen MR) is 64.1 cm³/mol. The van der Waals surface area contributed by atoms with E-state index in [-0.39, 0.29) is 11.4 Å². The Morgan fingerprint density at radius 2 is 1.75 bits per heavy atom. The second-order valence-corrected chi connectivity index (χ2v) is 5.59. The zero-order chi connectivity index (χ0) is 11.6. The third-order valence-electron chi connectivity index (χ3n) is 3.49. The molecule has 2 aliphatic heterocycles. The van der Waals surface area contributed by atoms with Crippen LogP contribution in [0.1, 0.15) is 32.6 Å². The third-order valence-corrected chi connectivity index (χ3v) is 3.49. The summed E-state index contributed by atoms with van der Waals surface area (Å²) in [5, 5.41) is 0. The summed E-state index contributed by atoms with van der Waals surface area (Å²) in [4.78, 5) is 16.2. The van der Waals surface area contributed by atoms with Crippen LogP contribution < -0.4 is 5.73 Å². The zero-order valence-electron chi connectivity index (χ0n) is 10.2. The van der Waals surface area contributed by atoms with Gasteiger partial charge in [-0.3, -0.25) is 9.69 Å². The van der Waals surface area contributed by atoms with E-state index in [1.165, 1.54) is 25.7 Å². The fraction of sp³-hybridized carbons (Fsp3) is 0.917. The average molecular weight is 225 g/mol. The fourth-order valence-electron chi connectivity index (χ4n) is 2.70. The van der Waals surface area contributed by atoms with Crippen LogP contribution in [-0.2, 0) is 4.79 Å². The summed E-state index contributed by atoms with van der Waals surface area (Å²) in [7, 11) is 0. The molecular weight excluding hydrogens is 202 g/mol. The van der Waals surface area contributed by atoms with E-state index in [9.17, 15) is 4.79 Å². The van der Waals surface area contributed by atoms with Crippen molar-refractivity contribution in [2.75, 3.05) is 32.7 Å². The smallest absolute Gasteiger partial charge is 0.236 e. The molecule has 2 N–H and O–H groups in total. The molecule has 0 unspecified atom stereocenters. The summed E-state index contributed by atoms with van der Waals surface area (Å²) in [6.45, 7) is 6.21. The minimum Gasteiger partial charge on any atom is -0.342 e. The van der Waals surface area contributed by atoms with Crippen LogP contribution in [0.5, 0.6) is 0 Å². The number of rotatable bonds is 2. The van der Waals surface area contributed by atoms with Gasteiger partial charge in [-0.05, 0) is 19.8 Å². The predicted octanol–water partition coefficient (Wildman–Crippen LogP) is 0.422. The molecular formula is C12H23N3O. The molecule has 0 spiro atoms. The number of likely N-dealkylation sites (tertiary alicyclic amines) is 2. The molecule has 0 aromatic heterocycles. The Labute approximate surface area is 97.8 Å². The molecule has 2 rings (SSSR count). The molecule has 0 atom stereocenters. The number of hydrogen-bond acceptors (Lipinski definition) is 3. The summed E-state index contributed by atoms with van der Waals surface area (Å²) >= 11 is 0. The normalized spacial score (nSPS) is 26.0. The second-order valence-electron chi connectivity index (χ2n) is 5.59. The van der Waals surface area contributed by atoms with Gasteiger partial charge in [-0.15, -0.1) is 0 Å². The molecule has 2 saturated heterocycles. The van der Waals surface area contributed by atoms with Crippen LogP contribution in [0.2, 0.25) is 0 Å². The highest BCUT2D eigenvalue weighted by Crippen LogP contribution is 2.17. The zero-order valence-corrected chi connectivity index (χ0v) is 10.2. The average Bonchev–Trinajstić information content (AvgIpc) is 2.42. The van der Waals surface area contributed by atoms with Crippen LogP contribution in [0, 0.1) is 0 Å². The van der Waals surface area contributed by atoms with Crippen molar-refractivity contribution in [1.29, 1.82) is 0 Å². The van der Waals surface area contributed by atoms with Gasteiger partial charge in [0.15, 0.2) is 0 Å². The Bertz CT molecular complexity index is 249. The standard InChI is InChI=1S/C12H23N3O/c1-12(13)9-14(10-12)8-11(16)15-6-4-2-3-5-7-15/h2-10,13H2,1H3. The molecule has 4 nitrogen and oxygen atoms in total. The monoisotopic (exact) mass is 225 g/mol. The van der Waals surface area contributed by atoms with E-state index in [4.69, 9.17) is 5.73 Å². The largest absolute Gasteiger partial charge is 0.342 e. The van der Waals surface area contributed by atoms with Crippen LogP contribution in [0.3, 0.4) is 0 Å². The summed E-state index contributed by atoms with van der Waals surface area (Å²) in [5.41, 5.74) is 5.85. The molecule has 1 amide bonds. The molecule has 0 saturated carbocycles. The van der Waals surface area contributed by atoms with E-state index in [1.807, 2.05) is 11.8 Å². The van der Waals surface area contributed by atoms with Crippen molar-refractivity contribution in [2.24, 2.45) is 5.73 Å². The number of carbonyl (C=O) groups excluding carboxylic acids is 1. The Morgan fingerprint density at radius 1 is 1.19 bits per heavy atom. The lowest BCUT2D eigenvalue weighted by Crippen LogP contribution is -2.66. The Hall–Kier alpha value is -0.610. The van der Waals surface area contributed by atoms with Gasteiger partial charge in [-0.25, -0.2) is 0 Å². The molecule has 2 aliphatic rings. The summed E-state index contributed by atoms with van der Waals surface area (Å²) in [5.74, 6) is 0.289. The first-order valence-electron chi connectivity index (χ1n) is 6.36. The molecule has 16 heavy (non-hydrogen) atoms. The van der Waals surface area contributed by atoms with Crippen LogP contribution in [0.25, 0.3) is 0 Å². The van der Waals surface area contributed by atoms with E-state index in [1.54, 1.807) is 0 Å². The SMILES string of the molecule is CC1(N)CN(CC(=O)N2CCCCCC2)C1. The van der Waals surface area contributed by atoms with Crippen molar-refractivity contribution >= 4 is 5.91 Å². The van der Waals surface area contributed by atoms with Gasteiger partial charge in [0.25, 0.3) is 0 Å². The maximum Gasteiger partial charge on any atom is 0.236 e. The van der Waals surface area contributed by atoms with Crippen molar-refractivity contribution in [3.05, 3.63) is 0 Å². The van der Waals surface area contributed by atoms with Crippen molar-refractivity contribution in [2.45, 2.75) is 38.1 Å². The number of nitrogens with zero attached hydrogens (tertiary/aromatic N) is 2.